The van der Waals surface area contributed by atoms with Crippen LogP contribution in [-0.2, 0) is 29.0 Å². The molecular weight excluding hydrogens is 440 g/mol. The van der Waals surface area contributed by atoms with Crippen LogP contribution in [0.4, 0.5) is 0 Å². The van der Waals surface area contributed by atoms with Crippen molar-refractivity contribution in [1.29, 1.82) is 0 Å². The van der Waals surface area contributed by atoms with Crippen LogP contribution >= 0.6 is 0 Å². The molecule has 3 aromatic carbocycles. The Morgan fingerprint density at radius 2 is 1.37 bits per heavy atom. The minimum atomic E-state index is -0.622. The van der Waals surface area contributed by atoms with Crippen molar-refractivity contribution in [2.24, 2.45) is 0 Å². The normalized spacial score (nSPS) is 11.4. The lowest BCUT2D eigenvalue weighted by atomic mass is 10.0. The van der Waals surface area contributed by atoms with Crippen LogP contribution in [0.15, 0.2) is 78.9 Å². The van der Waals surface area contributed by atoms with E-state index in [1.807, 2.05) is 85.8 Å². The lowest BCUT2D eigenvalue weighted by Gasteiger charge is -2.31. The zero-order valence-electron chi connectivity index (χ0n) is 20.7. The monoisotopic (exact) mass is 474 g/mol. The van der Waals surface area contributed by atoms with Crippen molar-refractivity contribution in [3.05, 3.63) is 95.6 Å². The molecule has 0 aliphatic rings. The fourth-order valence-electron chi connectivity index (χ4n) is 3.92. The number of amides is 2. The molecule has 0 aromatic heterocycles. The zero-order chi connectivity index (χ0) is 25.0. The second-order valence-electron chi connectivity index (χ2n) is 8.32. The van der Waals surface area contributed by atoms with E-state index in [0.29, 0.717) is 32.4 Å². The maximum absolute atomic E-state index is 13.4. The van der Waals surface area contributed by atoms with Crippen LogP contribution in [0, 0.1) is 0 Å². The molecule has 0 aliphatic carbocycles. The number of nitrogens with zero attached hydrogens (tertiary/aromatic N) is 1. The summed E-state index contributed by atoms with van der Waals surface area (Å²) in [5.41, 5.74) is 3.05. The number of hydrogen-bond donors (Lipinski definition) is 1. The number of benzene rings is 3. The van der Waals surface area contributed by atoms with Gasteiger partial charge in [-0.25, -0.2) is 0 Å². The van der Waals surface area contributed by atoms with Crippen molar-refractivity contribution in [1.82, 2.24) is 10.2 Å². The fraction of sp³-hybridized carbons (Fsp3) is 0.310. The molecule has 1 atom stereocenters. The molecule has 0 spiro atoms. The Labute approximate surface area is 207 Å². The van der Waals surface area contributed by atoms with Crippen LogP contribution in [0.3, 0.4) is 0 Å². The predicted molar refractivity (Wildman–Crippen MR) is 137 cm³/mol. The van der Waals surface area contributed by atoms with Gasteiger partial charge in [0.2, 0.25) is 11.8 Å². The van der Waals surface area contributed by atoms with E-state index >= 15 is 0 Å². The first kappa shape index (κ1) is 25.8. The smallest absolute Gasteiger partial charge is 0.243 e. The molecule has 0 aliphatic heterocycles. The van der Waals surface area contributed by atoms with Gasteiger partial charge in [-0.3, -0.25) is 9.59 Å². The Kier molecular flexibility index (Phi) is 9.72. The van der Waals surface area contributed by atoms with E-state index in [1.54, 1.807) is 19.1 Å². The Morgan fingerprint density at radius 3 is 1.91 bits per heavy atom. The van der Waals surface area contributed by atoms with Crippen LogP contribution in [0.5, 0.6) is 11.5 Å². The van der Waals surface area contributed by atoms with Gasteiger partial charge in [0.05, 0.1) is 14.2 Å². The summed E-state index contributed by atoms with van der Waals surface area (Å²) in [6.07, 6.45) is 1.45. The van der Waals surface area contributed by atoms with Crippen LogP contribution in [0.2, 0.25) is 0 Å². The molecule has 0 saturated heterocycles. The van der Waals surface area contributed by atoms with Crippen LogP contribution in [0.25, 0.3) is 0 Å². The summed E-state index contributed by atoms with van der Waals surface area (Å²) >= 11 is 0. The highest BCUT2D eigenvalue weighted by atomic mass is 16.5. The molecule has 6 heteroatoms. The SMILES string of the molecule is CCC(=O)N(Cc1ccc(OC)cc1)C(Cc1ccccc1)C(=O)NCCc1ccc(OC)cc1. The third-order valence-corrected chi connectivity index (χ3v) is 5.96. The van der Waals surface area contributed by atoms with Gasteiger partial charge in [0.1, 0.15) is 17.5 Å². The highest BCUT2D eigenvalue weighted by Gasteiger charge is 2.29. The predicted octanol–water partition coefficient (Wildman–Crippen LogP) is 4.41. The fourth-order valence-corrected chi connectivity index (χ4v) is 3.92. The minimum Gasteiger partial charge on any atom is -0.497 e. The molecule has 0 heterocycles. The van der Waals surface area contributed by atoms with Gasteiger partial charge in [0.25, 0.3) is 0 Å². The highest BCUT2D eigenvalue weighted by molar-refractivity contribution is 5.88. The van der Waals surface area contributed by atoms with Gasteiger partial charge < -0.3 is 19.7 Å². The van der Waals surface area contributed by atoms with Crippen LogP contribution in [-0.4, -0.2) is 43.5 Å². The van der Waals surface area contributed by atoms with E-state index in [9.17, 15) is 9.59 Å². The molecule has 184 valence electrons. The van der Waals surface area contributed by atoms with Crippen molar-refractivity contribution in [3.8, 4) is 11.5 Å². The van der Waals surface area contributed by atoms with Gasteiger partial charge in [-0.15, -0.1) is 0 Å². The molecule has 3 rings (SSSR count). The topological polar surface area (TPSA) is 67.9 Å². The summed E-state index contributed by atoms with van der Waals surface area (Å²) in [6.45, 7) is 2.65. The number of methoxy groups -OCH3 is 2. The summed E-state index contributed by atoms with van der Waals surface area (Å²) in [6, 6.07) is 24.6. The van der Waals surface area contributed by atoms with E-state index in [2.05, 4.69) is 5.32 Å². The van der Waals surface area contributed by atoms with Gasteiger partial charge in [-0.1, -0.05) is 61.5 Å². The second kappa shape index (κ2) is 13.2. The number of ether oxygens (including phenoxy) is 2. The lowest BCUT2D eigenvalue weighted by molar-refractivity contribution is -0.141. The number of rotatable bonds is 12. The zero-order valence-corrected chi connectivity index (χ0v) is 20.7. The molecule has 0 bridgehead atoms. The molecule has 35 heavy (non-hydrogen) atoms. The van der Waals surface area contributed by atoms with Gasteiger partial charge in [-0.05, 0) is 47.4 Å². The van der Waals surface area contributed by atoms with E-state index in [4.69, 9.17) is 9.47 Å². The lowest BCUT2D eigenvalue weighted by Crippen LogP contribution is -2.50. The molecule has 2 amide bonds. The van der Waals surface area contributed by atoms with Crippen molar-refractivity contribution < 1.29 is 19.1 Å². The average Bonchev–Trinajstić information content (AvgIpc) is 2.91. The van der Waals surface area contributed by atoms with Crippen molar-refractivity contribution in [3.63, 3.8) is 0 Å². The van der Waals surface area contributed by atoms with Crippen molar-refractivity contribution in [2.45, 2.75) is 38.8 Å². The van der Waals surface area contributed by atoms with Crippen LogP contribution < -0.4 is 14.8 Å². The Balaban J connectivity index is 1.77. The largest absolute Gasteiger partial charge is 0.497 e. The third kappa shape index (κ3) is 7.60. The summed E-state index contributed by atoms with van der Waals surface area (Å²) in [4.78, 5) is 28.2. The van der Waals surface area contributed by atoms with Gasteiger partial charge >= 0.3 is 0 Å². The van der Waals surface area contributed by atoms with Gasteiger partial charge in [0, 0.05) is 25.9 Å². The standard InChI is InChI=1S/C29H34N2O4/c1-4-28(32)31(21-24-12-16-26(35-3)17-13-24)27(20-23-8-6-5-7-9-23)29(33)30-19-18-22-10-14-25(34-2)15-11-22/h5-17,27H,4,18-21H2,1-3H3,(H,30,33). The van der Waals surface area contributed by atoms with E-state index in [-0.39, 0.29) is 11.8 Å². The third-order valence-electron chi connectivity index (χ3n) is 5.96. The maximum Gasteiger partial charge on any atom is 0.243 e. The first-order valence-corrected chi connectivity index (χ1v) is 11.9. The second-order valence-corrected chi connectivity index (χ2v) is 8.32. The summed E-state index contributed by atoms with van der Waals surface area (Å²) in [5.74, 6) is 1.33. The maximum atomic E-state index is 13.4. The van der Waals surface area contributed by atoms with E-state index in [1.165, 1.54) is 0 Å². The number of carbonyl (C=O) groups is 2. The van der Waals surface area contributed by atoms with E-state index in [0.717, 1.165) is 28.2 Å². The van der Waals surface area contributed by atoms with Gasteiger partial charge in [-0.2, -0.15) is 0 Å². The molecular formula is C29H34N2O4. The molecule has 0 radical (unpaired) electrons. The molecule has 1 N–H and O–H groups in total. The number of carbonyl (C=O) groups excluding carboxylic acids is 2. The molecule has 6 nitrogen and oxygen atoms in total. The highest BCUT2D eigenvalue weighted by Crippen LogP contribution is 2.18. The first-order valence-electron chi connectivity index (χ1n) is 11.9. The quantitative estimate of drug-likeness (QED) is 0.422. The number of nitrogens with one attached hydrogen (secondary N) is 1. The summed E-state index contributed by atoms with van der Waals surface area (Å²) in [5, 5.41) is 3.06. The molecule has 3 aromatic rings. The van der Waals surface area contributed by atoms with E-state index < -0.39 is 6.04 Å². The average molecular weight is 475 g/mol. The molecule has 0 fully saturated rings. The first-order chi connectivity index (χ1) is 17.0. The molecule has 1 unspecified atom stereocenters. The van der Waals surface area contributed by atoms with Gasteiger partial charge in [0.15, 0.2) is 0 Å². The Morgan fingerprint density at radius 1 is 0.800 bits per heavy atom. The number of hydrogen-bond acceptors (Lipinski definition) is 4. The van der Waals surface area contributed by atoms with Crippen molar-refractivity contribution >= 4 is 11.8 Å². The summed E-state index contributed by atoms with van der Waals surface area (Å²) in [7, 11) is 3.26. The molecule has 0 saturated carbocycles. The Bertz CT molecular complexity index is 1070. The minimum absolute atomic E-state index is 0.0629. The Hall–Kier alpha value is -3.80. The summed E-state index contributed by atoms with van der Waals surface area (Å²) < 4.78 is 10.5. The van der Waals surface area contributed by atoms with Crippen LogP contribution in [0.1, 0.15) is 30.0 Å². The van der Waals surface area contributed by atoms with Crippen molar-refractivity contribution in [2.75, 3.05) is 20.8 Å².